The van der Waals surface area contributed by atoms with Gasteiger partial charge in [0.05, 0.1) is 0 Å². The molecule has 0 spiro atoms. The summed E-state index contributed by atoms with van der Waals surface area (Å²) in [5.41, 5.74) is 5.58. The minimum absolute atomic E-state index is 0.133. The Hall–Kier alpha value is -3.13. The lowest BCUT2D eigenvalue weighted by molar-refractivity contribution is -0.142. The van der Waals surface area contributed by atoms with Gasteiger partial charge in [-0.1, -0.05) is 129 Å². The van der Waals surface area contributed by atoms with Crippen LogP contribution in [0.5, 0.6) is 0 Å². The summed E-state index contributed by atoms with van der Waals surface area (Å²) in [7, 11) is 0. The second-order valence-electron chi connectivity index (χ2n) is 11.8. The molecule has 0 aliphatic heterocycles. The molecule has 1 aliphatic carbocycles. The van der Waals surface area contributed by atoms with E-state index < -0.39 is 0 Å². The SMILES string of the molecule is CC/C=C\C/C=C\C/C=C\C/C=C\C/C=C\CCCC(=O)OC/C=C(C)/C=C/C=C(C)/C=C/C1=C(C)CCCC1(C)C. The molecule has 0 heterocycles. The van der Waals surface area contributed by atoms with Crippen LogP contribution < -0.4 is 0 Å². The van der Waals surface area contributed by atoms with Crippen LogP contribution in [-0.4, -0.2) is 12.6 Å². The molecular formula is C40H58O2. The van der Waals surface area contributed by atoms with E-state index in [0.717, 1.165) is 50.5 Å². The molecule has 0 bridgehead atoms. The third-order valence-corrected chi connectivity index (χ3v) is 7.33. The highest BCUT2D eigenvalue weighted by molar-refractivity contribution is 5.69. The van der Waals surface area contributed by atoms with Gasteiger partial charge in [0.15, 0.2) is 0 Å². The molecule has 0 aromatic heterocycles. The van der Waals surface area contributed by atoms with E-state index in [1.807, 2.05) is 13.0 Å². The van der Waals surface area contributed by atoms with Crippen LogP contribution in [0.15, 0.2) is 120 Å². The summed E-state index contributed by atoms with van der Waals surface area (Å²) < 4.78 is 5.37. The van der Waals surface area contributed by atoms with Crippen molar-refractivity contribution in [1.82, 2.24) is 0 Å². The first-order valence-corrected chi connectivity index (χ1v) is 16.1. The van der Waals surface area contributed by atoms with Gasteiger partial charge in [-0.2, -0.15) is 0 Å². The normalized spacial score (nSPS) is 17.2. The summed E-state index contributed by atoms with van der Waals surface area (Å²) in [5.74, 6) is -0.133. The number of allylic oxidation sites excluding steroid dienone is 19. The predicted molar refractivity (Wildman–Crippen MR) is 185 cm³/mol. The van der Waals surface area contributed by atoms with Crippen LogP contribution in [0.1, 0.15) is 112 Å². The molecule has 0 aromatic carbocycles. The van der Waals surface area contributed by atoms with Crippen LogP contribution in [0.2, 0.25) is 0 Å². The Morgan fingerprint density at radius 3 is 2.02 bits per heavy atom. The molecule has 42 heavy (non-hydrogen) atoms. The molecule has 0 fully saturated rings. The predicted octanol–water partition coefficient (Wildman–Crippen LogP) is 12.0. The van der Waals surface area contributed by atoms with Gasteiger partial charge in [-0.15, -0.1) is 0 Å². The van der Waals surface area contributed by atoms with E-state index in [1.54, 1.807) is 0 Å². The van der Waals surface area contributed by atoms with Crippen LogP contribution in [0.3, 0.4) is 0 Å². The van der Waals surface area contributed by atoms with E-state index in [9.17, 15) is 4.79 Å². The Kier molecular flexibility index (Phi) is 20.6. The Morgan fingerprint density at radius 2 is 1.43 bits per heavy atom. The number of unbranched alkanes of at least 4 members (excludes halogenated alkanes) is 1. The number of ether oxygens (including phenoxy) is 1. The van der Waals surface area contributed by atoms with E-state index in [4.69, 9.17) is 4.74 Å². The van der Waals surface area contributed by atoms with Crippen molar-refractivity contribution in [2.75, 3.05) is 6.61 Å². The van der Waals surface area contributed by atoms with Gasteiger partial charge < -0.3 is 4.74 Å². The third kappa shape index (κ3) is 19.1. The number of hydrogen-bond acceptors (Lipinski definition) is 2. The lowest BCUT2D eigenvalue weighted by atomic mass is 9.72. The number of carbonyl (C=O) groups excluding carboxylic acids is 1. The molecule has 0 amide bonds. The number of carbonyl (C=O) groups is 1. The zero-order valence-electron chi connectivity index (χ0n) is 27.5. The largest absolute Gasteiger partial charge is 0.461 e. The highest BCUT2D eigenvalue weighted by Gasteiger charge is 2.26. The lowest BCUT2D eigenvalue weighted by Crippen LogP contribution is -2.19. The summed E-state index contributed by atoms with van der Waals surface area (Å²) in [6, 6.07) is 0. The minimum atomic E-state index is -0.133. The molecule has 230 valence electrons. The van der Waals surface area contributed by atoms with Gasteiger partial charge in [0, 0.05) is 6.42 Å². The maximum Gasteiger partial charge on any atom is 0.306 e. The van der Waals surface area contributed by atoms with Gasteiger partial charge in [0.1, 0.15) is 6.61 Å². The van der Waals surface area contributed by atoms with Crippen LogP contribution >= 0.6 is 0 Å². The second kappa shape index (κ2) is 23.4. The van der Waals surface area contributed by atoms with Gasteiger partial charge in [0.2, 0.25) is 0 Å². The molecule has 0 saturated carbocycles. The topological polar surface area (TPSA) is 26.3 Å². The standard InChI is InChI=1S/C40H58O2/c1-7-8-9-10-11-12-13-14-15-16-17-18-19-20-21-22-23-29-39(41)42-34-32-36(3)27-24-26-35(2)30-31-38-37(4)28-25-33-40(38,5)6/h8-9,11-12,14-15,17-18,20-21,24,26-27,30-32H,7,10,13,16,19,22-23,25,28-29,33-34H2,1-6H3/b9-8-,12-11-,15-14-,18-17-,21-20-,27-24+,31-30+,35-26+,36-32+. The van der Waals surface area contributed by atoms with Crippen molar-refractivity contribution in [2.45, 2.75) is 112 Å². The molecule has 0 radical (unpaired) electrons. The average molecular weight is 571 g/mol. The fraction of sp³-hybridized carbons (Fsp3) is 0.475. The van der Waals surface area contributed by atoms with Gasteiger partial charge in [0.25, 0.3) is 0 Å². The fourth-order valence-corrected chi connectivity index (χ4v) is 4.77. The summed E-state index contributed by atoms with van der Waals surface area (Å²) in [6.45, 7) is 13.6. The van der Waals surface area contributed by atoms with E-state index in [2.05, 4.69) is 126 Å². The molecular weight excluding hydrogens is 512 g/mol. The first-order valence-electron chi connectivity index (χ1n) is 16.1. The minimum Gasteiger partial charge on any atom is -0.461 e. The van der Waals surface area contributed by atoms with Gasteiger partial charge in [-0.3, -0.25) is 4.79 Å². The molecule has 0 aromatic rings. The van der Waals surface area contributed by atoms with Crippen molar-refractivity contribution in [3.05, 3.63) is 120 Å². The van der Waals surface area contributed by atoms with Crippen molar-refractivity contribution >= 4 is 5.97 Å². The Morgan fingerprint density at radius 1 is 0.833 bits per heavy atom. The molecule has 2 heteroatoms. The molecule has 1 rings (SSSR count). The van der Waals surface area contributed by atoms with Crippen LogP contribution in [0, 0.1) is 5.41 Å². The molecule has 2 nitrogen and oxygen atoms in total. The average Bonchev–Trinajstić information content (AvgIpc) is 2.94. The zero-order valence-corrected chi connectivity index (χ0v) is 27.5. The van der Waals surface area contributed by atoms with Crippen LogP contribution in [0.4, 0.5) is 0 Å². The number of hydrogen-bond donors (Lipinski definition) is 0. The van der Waals surface area contributed by atoms with Crippen LogP contribution in [0.25, 0.3) is 0 Å². The third-order valence-electron chi connectivity index (χ3n) is 7.33. The van der Waals surface area contributed by atoms with Crippen molar-refractivity contribution in [3.63, 3.8) is 0 Å². The molecule has 0 unspecified atom stereocenters. The van der Waals surface area contributed by atoms with E-state index in [-0.39, 0.29) is 11.4 Å². The van der Waals surface area contributed by atoms with Gasteiger partial charge in [-0.25, -0.2) is 0 Å². The molecule has 0 atom stereocenters. The van der Waals surface area contributed by atoms with Crippen molar-refractivity contribution < 1.29 is 9.53 Å². The smallest absolute Gasteiger partial charge is 0.306 e. The quantitative estimate of drug-likeness (QED) is 0.0668. The van der Waals surface area contributed by atoms with Gasteiger partial charge in [-0.05, 0) is 102 Å². The van der Waals surface area contributed by atoms with E-state index in [1.165, 1.54) is 36.0 Å². The maximum atomic E-state index is 12.0. The Labute approximate surface area is 258 Å². The number of rotatable bonds is 19. The lowest BCUT2D eigenvalue weighted by Gasteiger charge is -2.32. The highest BCUT2D eigenvalue weighted by Crippen LogP contribution is 2.40. The summed E-state index contributed by atoms with van der Waals surface area (Å²) in [5, 5.41) is 0. The van der Waals surface area contributed by atoms with Crippen molar-refractivity contribution in [2.24, 2.45) is 5.41 Å². The van der Waals surface area contributed by atoms with E-state index in [0.29, 0.717) is 13.0 Å². The summed E-state index contributed by atoms with van der Waals surface area (Å²) >= 11 is 0. The Bertz CT molecular complexity index is 1080. The second-order valence-corrected chi connectivity index (χ2v) is 11.8. The molecule has 1 aliphatic rings. The fourth-order valence-electron chi connectivity index (χ4n) is 4.77. The maximum absolute atomic E-state index is 12.0. The highest BCUT2D eigenvalue weighted by atomic mass is 16.5. The van der Waals surface area contributed by atoms with E-state index >= 15 is 0 Å². The summed E-state index contributed by atoms with van der Waals surface area (Å²) in [6.07, 6.45) is 45.6. The van der Waals surface area contributed by atoms with Crippen molar-refractivity contribution in [3.8, 4) is 0 Å². The molecule has 0 saturated heterocycles. The Balaban J connectivity index is 2.18. The first kappa shape index (κ1) is 36.9. The van der Waals surface area contributed by atoms with Gasteiger partial charge >= 0.3 is 5.97 Å². The number of esters is 1. The molecule has 0 N–H and O–H groups in total. The monoisotopic (exact) mass is 570 g/mol. The summed E-state index contributed by atoms with van der Waals surface area (Å²) in [4.78, 5) is 12.0. The van der Waals surface area contributed by atoms with Crippen LogP contribution in [-0.2, 0) is 9.53 Å². The first-order chi connectivity index (χ1) is 20.3. The zero-order chi connectivity index (χ0) is 30.9. The van der Waals surface area contributed by atoms with Crippen molar-refractivity contribution in [1.29, 1.82) is 0 Å².